The Kier molecular flexibility index (Phi) is 9.74. The predicted molar refractivity (Wildman–Crippen MR) is 126 cm³/mol. The van der Waals surface area contributed by atoms with E-state index in [0.29, 0.717) is 24.3 Å². The number of amides is 1. The van der Waals surface area contributed by atoms with E-state index in [1.807, 2.05) is 38.1 Å². The minimum absolute atomic E-state index is 0.0827. The average Bonchev–Trinajstić information content (AvgIpc) is 2.75. The number of hydrogen-bond acceptors (Lipinski definition) is 5. The summed E-state index contributed by atoms with van der Waals surface area (Å²) >= 11 is 3.36. The van der Waals surface area contributed by atoms with Crippen LogP contribution in [0.1, 0.15) is 38.4 Å². The molecule has 1 atom stereocenters. The van der Waals surface area contributed by atoms with Crippen molar-refractivity contribution < 1.29 is 29.3 Å². The minimum atomic E-state index is -0.997. The third kappa shape index (κ3) is 8.36. The van der Waals surface area contributed by atoms with Crippen molar-refractivity contribution in [1.82, 2.24) is 0 Å². The summed E-state index contributed by atoms with van der Waals surface area (Å²) < 4.78 is 12.2. The van der Waals surface area contributed by atoms with Crippen LogP contribution in [0.4, 0.5) is 10.5 Å². The highest BCUT2D eigenvalue weighted by Crippen LogP contribution is 2.41. The Balaban J connectivity index is 2.19. The number of carboxylic acid groups (broad SMARTS) is 1. The van der Waals surface area contributed by atoms with Crippen molar-refractivity contribution in [2.75, 3.05) is 18.5 Å². The summed E-state index contributed by atoms with van der Waals surface area (Å²) in [4.78, 5) is 23.4. The molecular weight excluding hydrogens is 478 g/mol. The van der Waals surface area contributed by atoms with Crippen LogP contribution in [0.25, 0.3) is 0 Å². The van der Waals surface area contributed by atoms with E-state index < -0.39 is 23.6 Å². The van der Waals surface area contributed by atoms with Gasteiger partial charge in [-0.25, -0.2) is 9.59 Å². The molecule has 2 aromatic rings. The molecule has 0 saturated carbocycles. The number of carboxylic acids is 1. The quantitative estimate of drug-likeness (QED) is 0.345. The van der Waals surface area contributed by atoms with Crippen molar-refractivity contribution >= 4 is 33.7 Å². The highest BCUT2D eigenvalue weighted by atomic mass is 79.9. The van der Waals surface area contributed by atoms with Gasteiger partial charge in [-0.2, -0.15) is 0 Å². The van der Waals surface area contributed by atoms with Gasteiger partial charge in [0.2, 0.25) is 0 Å². The minimum Gasteiger partial charge on any atom is -0.491 e. The average molecular weight is 506 g/mol. The maximum atomic E-state index is 12.7. The number of rotatable bonds is 11. The maximum Gasteiger partial charge on any atom is 0.412 e. The zero-order valence-corrected chi connectivity index (χ0v) is 19.7. The van der Waals surface area contributed by atoms with Crippen LogP contribution < -0.4 is 10.1 Å². The van der Waals surface area contributed by atoms with Gasteiger partial charge >= 0.3 is 12.1 Å². The number of anilines is 1. The van der Waals surface area contributed by atoms with Crippen molar-refractivity contribution in [3.63, 3.8) is 0 Å². The SMILES string of the molecule is CC(C)(CC/C=C/C(=O)O)[C@H](OC(=O)Nc1ccc(Br)cc1)c1ccc(OCCO)cc1. The molecule has 0 aliphatic rings. The Hall–Kier alpha value is -2.84. The fraction of sp³-hybridized carbons (Fsp3) is 0.333. The van der Waals surface area contributed by atoms with E-state index in [2.05, 4.69) is 21.2 Å². The molecule has 8 heteroatoms. The van der Waals surface area contributed by atoms with Crippen molar-refractivity contribution in [2.24, 2.45) is 5.41 Å². The predicted octanol–water partition coefficient (Wildman–Crippen LogP) is 5.56. The first-order chi connectivity index (χ1) is 15.2. The number of aliphatic hydroxyl groups is 1. The summed E-state index contributed by atoms with van der Waals surface area (Å²) in [6.07, 6.45) is 2.63. The lowest BCUT2D eigenvalue weighted by Gasteiger charge is -2.34. The molecule has 172 valence electrons. The third-order valence-electron chi connectivity index (χ3n) is 4.78. The molecule has 0 aromatic heterocycles. The lowest BCUT2D eigenvalue weighted by atomic mass is 9.78. The Bertz CT molecular complexity index is 909. The first-order valence-corrected chi connectivity index (χ1v) is 11.0. The van der Waals surface area contributed by atoms with Gasteiger partial charge in [0.25, 0.3) is 0 Å². The van der Waals surface area contributed by atoms with Crippen LogP contribution in [0.15, 0.2) is 65.2 Å². The van der Waals surface area contributed by atoms with E-state index in [1.165, 1.54) is 0 Å². The van der Waals surface area contributed by atoms with E-state index in [4.69, 9.17) is 19.7 Å². The number of nitrogens with one attached hydrogen (secondary N) is 1. The number of aliphatic hydroxyl groups excluding tert-OH is 1. The Morgan fingerprint density at radius 2 is 1.78 bits per heavy atom. The van der Waals surface area contributed by atoms with Crippen LogP contribution in [0.2, 0.25) is 0 Å². The van der Waals surface area contributed by atoms with Gasteiger partial charge in [-0.05, 0) is 54.8 Å². The van der Waals surface area contributed by atoms with Gasteiger partial charge in [0.1, 0.15) is 18.5 Å². The molecule has 0 spiro atoms. The Morgan fingerprint density at radius 3 is 2.38 bits per heavy atom. The van der Waals surface area contributed by atoms with Gasteiger partial charge < -0.3 is 19.7 Å². The standard InChI is InChI=1S/C24H28BrNO6/c1-24(2,14-4-3-5-21(28)29)22(17-6-12-20(13-7-17)31-16-15-27)32-23(30)26-19-10-8-18(25)9-11-19/h3,5-13,22,27H,4,14-16H2,1-2H3,(H,26,30)(H,28,29)/b5-3+/t22-/m1/s1. The highest BCUT2D eigenvalue weighted by Gasteiger charge is 2.34. The normalized spacial score (nSPS) is 12.4. The molecule has 0 radical (unpaired) electrons. The van der Waals surface area contributed by atoms with Gasteiger partial charge in [0.15, 0.2) is 0 Å². The van der Waals surface area contributed by atoms with Crippen molar-refractivity contribution in [2.45, 2.75) is 32.8 Å². The second kappa shape index (κ2) is 12.3. The fourth-order valence-electron chi connectivity index (χ4n) is 3.14. The summed E-state index contributed by atoms with van der Waals surface area (Å²) in [5, 5.41) is 20.5. The molecule has 0 unspecified atom stereocenters. The molecule has 0 aliphatic heterocycles. The van der Waals surface area contributed by atoms with Crippen LogP contribution in [-0.4, -0.2) is 35.5 Å². The molecule has 0 aliphatic carbocycles. The first kappa shape index (κ1) is 25.4. The van der Waals surface area contributed by atoms with E-state index in [9.17, 15) is 9.59 Å². The molecule has 0 bridgehead atoms. The summed E-state index contributed by atoms with van der Waals surface area (Å²) in [6, 6.07) is 14.3. The molecule has 0 saturated heterocycles. The van der Waals surface area contributed by atoms with Crippen LogP contribution in [0.3, 0.4) is 0 Å². The molecule has 2 rings (SSSR count). The van der Waals surface area contributed by atoms with Gasteiger partial charge in [-0.3, -0.25) is 5.32 Å². The van der Waals surface area contributed by atoms with E-state index in [0.717, 1.165) is 16.1 Å². The summed E-state index contributed by atoms with van der Waals surface area (Å²) in [5.74, 6) is -0.397. The summed E-state index contributed by atoms with van der Waals surface area (Å²) in [6.45, 7) is 4.04. The van der Waals surface area contributed by atoms with E-state index >= 15 is 0 Å². The lowest BCUT2D eigenvalue weighted by molar-refractivity contribution is -0.131. The molecule has 3 N–H and O–H groups in total. The molecule has 7 nitrogen and oxygen atoms in total. The Labute approximate surface area is 196 Å². The topological polar surface area (TPSA) is 105 Å². The molecular formula is C24H28BrNO6. The summed E-state index contributed by atoms with van der Waals surface area (Å²) in [7, 11) is 0. The number of ether oxygens (including phenoxy) is 2. The van der Waals surface area contributed by atoms with Crippen molar-refractivity contribution in [3.05, 3.63) is 70.7 Å². The molecule has 32 heavy (non-hydrogen) atoms. The van der Waals surface area contributed by atoms with Gasteiger partial charge in [-0.1, -0.05) is 48.0 Å². The second-order valence-corrected chi connectivity index (χ2v) is 8.74. The van der Waals surface area contributed by atoms with Gasteiger partial charge in [0.05, 0.1) is 6.61 Å². The monoisotopic (exact) mass is 505 g/mol. The second-order valence-electron chi connectivity index (χ2n) is 7.83. The zero-order valence-electron chi connectivity index (χ0n) is 18.1. The third-order valence-corrected chi connectivity index (χ3v) is 5.31. The van der Waals surface area contributed by atoms with Crippen molar-refractivity contribution in [1.29, 1.82) is 0 Å². The molecule has 1 amide bonds. The number of carbonyl (C=O) groups is 2. The highest BCUT2D eigenvalue weighted by molar-refractivity contribution is 9.10. The number of aliphatic carboxylic acids is 1. The number of allylic oxidation sites excluding steroid dienone is 1. The zero-order chi connectivity index (χ0) is 23.6. The van der Waals surface area contributed by atoms with Gasteiger partial charge in [0, 0.05) is 21.7 Å². The molecule has 0 fully saturated rings. The van der Waals surface area contributed by atoms with E-state index in [-0.39, 0.29) is 13.2 Å². The van der Waals surface area contributed by atoms with Crippen molar-refractivity contribution in [3.8, 4) is 5.75 Å². The van der Waals surface area contributed by atoms with E-state index in [1.54, 1.807) is 30.3 Å². The molecule has 0 heterocycles. The fourth-order valence-corrected chi connectivity index (χ4v) is 3.40. The first-order valence-electron chi connectivity index (χ1n) is 10.2. The molecule has 2 aromatic carbocycles. The number of carbonyl (C=O) groups excluding carboxylic acids is 1. The lowest BCUT2D eigenvalue weighted by Crippen LogP contribution is -2.29. The number of benzene rings is 2. The Morgan fingerprint density at radius 1 is 1.12 bits per heavy atom. The largest absolute Gasteiger partial charge is 0.491 e. The maximum absolute atomic E-state index is 12.7. The van der Waals surface area contributed by atoms with Crippen LogP contribution in [0.5, 0.6) is 5.75 Å². The van der Waals surface area contributed by atoms with Crippen LogP contribution >= 0.6 is 15.9 Å². The number of hydrogen-bond donors (Lipinski definition) is 3. The smallest absolute Gasteiger partial charge is 0.412 e. The van der Waals surface area contributed by atoms with Gasteiger partial charge in [-0.15, -0.1) is 0 Å². The number of halogens is 1. The summed E-state index contributed by atoms with van der Waals surface area (Å²) in [5.41, 5.74) is 0.888. The van der Waals surface area contributed by atoms with Crippen LogP contribution in [0, 0.1) is 5.41 Å². The van der Waals surface area contributed by atoms with Crippen LogP contribution in [-0.2, 0) is 9.53 Å².